The zero-order valence-corrected chi connectivity index (χ0v) is 11.4. The molecule has 0 saturated heterocycles. The van der Waals surface area contributed by atoms with E-state index in [0.717, 1.165) is 12.2 Å². The maximum Gasteiger partial charge on any atom is 0.267 e. The number of amides is 1. The summed E-state index contributed by atoms with van der Waals surface area (Å²) in [5.74, 6) is -0.430. The van der Waals surface area contributed by atoms with Gasteiger partial charge in [0.1, 0.15) is 5.69 Å². The smallest absolute Gasteiger partial charge is 0.267 e. The van der Waals surface area contributed by atoms with Crippen molar-refractivity contribution in [2.75, 3.05) is 18.0 Å². The maximum atomic E-state index is 11.1. The van der Waals surface area contributed by atoms with Crippen molar-refractivity contribution in [2.24, 2.45) is 17.4 Å². The van der Waals surface area contributed by atoms with E-state index in [1.807, 2.05) is 19.9 Å². The van der Waals surface area contributed by atoms with Crippen LogP contribution in [0, 0.1) is 5.92 Å². The molecule has 0 aliphatic carbocycles. The van der Waals surface area contributed by atoms with Crippen LogP contribution in [0.4, 0.5) is 5.69 Å². The fourth-order valence-electron chi connectivity index (χ4n) is 1.59. The minimum atomic E-state index is -0.532. The number of aromatic nitrogens is 1. The van der Waals surface area contributed by atoms with Crippen LogP contribution < -0.4 is 16.4 Å². The first-order chi connectivity index (χ1) is 8.45. The lowest BCUT2D eigenvalue weighted by atomic mass is 10.1. The Hall–Kier alpha value is -1.69. The first-order valence-electron chi connectivity index (χ1n) is 5.75. The van der Waals surface area contributed by atoms with Crippen LogP contribution in [0.2, 0.25) is 0 Å². The minimum Gasteiger partial charge on any atom is -0.393 e. The van der Waals surface area contributed by atoms with Crippen LogP contribution in [-0.2, 0) is 0 Å². The van der Waals surface area contributed by atoms with E-state index in [2.05, 4.69) is 9.88 Å². The summed E-state index contributed by atoms with van der Waals surface area (Å²) in [6, 6.07) is 3.51. The Balaban J connectivity index is 2.91. The second kappa shape index (κ2) is 6.30. The highest BCUT2D eigenvalue weighted by Gasteiger charge is 2.13. The van der Waals surface area contributed by atoms with Crippen LogP contribution in [-0.4, -0.2) is 29.0 Å². The molecule has 6 heteroatoms. The number of hydrogen-bond acceptors (Lipinski definition) is 4. The molecule has 0 aromatic carbocycles. The van der Waals surface area contributed by atoms with Gasteiger partial charge >= 0.3 is 0 Å². The molecule has 1 heterocycles. The first kappa shape index (κ1) is 14.4. The van der Waals surface area contributed by atoms with Crippen molar-refractivity contribution in [1.82, 2.24) is 4.98 Å². The van der Waals surface area contributed by atoms with Crippen molar-refractivity contribution in [2.45, 2.75) is 13.8 Å². The molecule has 5 nitrogen and oxygen atoms in total. The fourth-order valence-corrected chi connectivity index (χ4v) is 1.66. The molecule has 0 aliphatic rings. The van der Waals surface area contributed by atoms with Crippen LogP contribution in [0.25, 0.3) is 0 Å². The number of nitrogens with two attached hydrogens (primary N) is 2. The number of carbonyl (C=O) groups excluding carboxylic acids is 1. The van der Waals surface area contributed by atoms with Crippen LogP contribution in [0.1, 0.15) is 24.3 Å². The van der Waals surface area contributed by atoms with E-state index >= 15 is 0 Å². The number of nitrogens with zero attached hydrogens (tertiary/aromatic N) is 2. The lowest BCUT2D eigenvalue weighted by Gasteiger charge is -2.26. The molecule has 1 unspecified atom stereocenters. The van der Waals surface area contributed by atoms with E-state index in [-0.39, 0.29) is 11.6 Å². The van der Waals surface area contributed by atoms with Gasteiger partial charge in [-0.2, -0.15) is 0 Å². The van der Waals surface area contributed by atoms with Crippen molar-refractivity contribution >= 4 is 28.8 Å². The average Bonchev–Trinajstić information content (AvgIpc) is 2.35. The SMILES string of the molecule is CCN(CC(C)C(N)=S)c1ccnc(C(N)=O)c1. The number of primary amides is 1. The van der Waals surface area contributed by atoms with E-state index < -0.39 is 5.91 Å². The molecule has 1 rings (SSSR count). The first-order valence-corrected chi connectivity index (χ1v) is 6.16. The standard InChI is InChI=1S/C12H18N4OS/c1-3-16(7-8(2)12(14)18)9-4-5-15-10(6-9)11(13)17/h4-6,8H,3,7H2,1-2H3,(H2,13,17)(H2,14,18). The summed E-state index contributed by atoms with van der Waals surface area (Å²) in [4.78, 5) is 17.6. The Morgan fingerprint density at radius 2 is 2.22 bits per heavy atom. The number of hydrogen-bond donors (Lipinski definition) is 2. The van der Waals surface area contributed by atoms with Gasteiger partial charge in [-0.15, -0.1) is 0 Å². The molecule has 98 valence electrons. The third-order valence-electron chi connectivity index (χ3n) is 2.72. The van der Waals surface area contributed by atoms with Crippen LogP contribution in [0.3, 0.4) is 0 Å². The summed E-state index contributed by atoms with van der Waals surface area (Å²) in [5.41, 5.74) is 12.0. The molecule has 0 radical (unpaired) electrons. The third kappa shape index (κ3) is 3.66. The normalized spacial score (nSPS) is 11.9. The Kier molecular flexibility index (Phi) is 5.03. The molecule has 0 fully saturated rings. The summed E-state index contributed by atoms with van der Waals surface area (Å²) in [6.07, 6.45) is 1.57. The number of thiocarbonyl (C=S) groups is 1. The molecule has 0 spiro atoms. The number of carbonyl (C=O) groups is 1. The average molecular weight is 266 g/mol. The molecule has 1 aromatic heterocycles. The minimum absolute atomic E-state index is 0.102. The van der Waals surface area contributed by atoms with Gasteiger partial charge in [-0.25, -0.2) is 0 Å². The Bertz CT molecular complexity index is 449. The molecule has 4 N–H and O–H groups in total. The molecular formula is C12H18N4OS. The summed E-state index contributed by atoms with van der Waals surface area (Å²) in [7, 11) is 0. The predicted molar refractivity (Wildman–Crippen MR) is 76.6 cm³/mol. The second-order valence-corrected chi connectivity index (χ2v) is 4.58. The van der Waals surface area contributed by atoms with E-state index in [1.54, 1.807) is 12.3 Å². The van der Waals surface area contributed by atoms with E-state index in [4.69, 9.17) is 23.7 Å². The van der Waals surface area contributed by atoms with Gasteiger partial charge in [-0.3, -0.25) is 9.78 Å². The second-order valence-electron chi connectivity index (χ2n) is 4.11. The highest BCUT2D eigenvalue weighted by Crippen LogP contribution is 2.16. The molecule has 0 aliphatic heterocycles. The molecule has 1 amide bonds. The van der Waals surface area contributed by atoms with Crippen molar-refractivity contribution in [3.8, 4) is 0 Å². The molecule has 0 saturated carbocycles. The Labute approximate surface area is 112 Å². The van der Waals surface area contributed by atoms with Gasteiger partial charge in [0, 0.05) is 30.9 Å². The molecule has 0 bridgehead atoms. The van der Waals surface area contributed by atoms with Gasteiger partial charge in [-0.1, -0.05) is 19.1 Å². The van der Waals surface area contributed by atoms with Crippen LogP contribution >= 0.6 is 12.2 Å². The monoisotopic (exact) mass is 266 g/mol. The highest BCUT2D eigenvalue weighted by atomic mass is 32.1. The highest BCUT2D eigenvalue weighted by molar-refractivity contribution is 7.80. The van der Waals surface area contributed by atoms with Crippen molar-refractivity contribution in [1.29, 1.82) is 0 Å². The molecular weight excluding hydrogens is 248 g/mol. The van der Waals surface area contributed by atoms with Gasteiger partial charge in [0.05, 0.1) is 4.99 Å². The van der Waals surface area contributed by atoms with E-state index in [9.17, 15) is 4.79 Å². The predicted octanol–water partition coefficient (Wildman–Crippen LogP) is 0.929. The van der Waals surface area contributed by atoms with Crippen molar-refractivity contribution in [3.63, 3.8) is 0 Å². The Morgan fingerprint density at radius 1 is 1.56 bits per heavy atom. The maximum absolute atomic E-state index is 11.1. The summed E-state index contributed by atoms with van der Waals surface area (Å²) >= 11 is 4.97. The van der Waals surface area contributed by atoms with Crippen LogP contribution in [0.5, 0.6) is 0 Å². The molecule has 1 atom stereocenters. The largest absolute Gasteiger partial charge is 0.393 e. The lowest BCUT2D eigenvalue weighted by Crippen LogP contribution is -2.34. The summed E-state index contributed by atoms with van der Waals surface area (Å²) in [5, 5.41) is 0. The van der Waals surface area contributed by atoms with Crippen molar-refractivity contribution < 1.29 is 4.79 Å². The van der Waals surface area contributed by atoms with E-state index in [0.29, 0.717) is 11.5 Å². The summed E-state index contributed by atoms with van der Waals surface area (Å²) in [6.45, 7) is 5.49. The zero-order chi connectivity index (χ0) is 13.7. The van der Waals surface area contributed by atoms with Gasteiger partial charge in [0.2, 0.25) is 0 Å². The zero-order valence-electron chi connectivity index (χ0n) is 10.6. The number of rotatable bonds is 6. The van der Waals surface area contributed by atoms with Crippen LogP contribution in [0.15, 0.2) is 18.3 Å². The lowest BCUT2D eigenvalue weighted by molar-refractivity contribution is 0.0995. The van der Waals surface area contributed by atoms with Gasteiger partial charge in [-0.05, 0) is 19.1 Å². The van der Waals surface area contributed by atoms with Gasteiger partial charge in [0.25, 0.3) is 5.91 Å². The number of anilines is 1. The van der Waals surface area contributed by atoms with Crippen molar-refractivity contribution in [3.05, 3.63) is 24.0 Å². The van der Waals surface area contributed by atoms with Gasteiger partial charge < -0.3 is 16.4 Å². The Morgan fingerprint density at radius 3 is 2.72 bits per heavy atom. The van der Waals surface area contributed by atoms with E-state index in [1.165, 1.54) is 0 Å². The topological polar surface area (TPSA) is 85.2 Å². The fraction of sp³-hybridized carbons (Fsp3) is 0.417. The van der Waals surface area contributed by atoms with Gasteiger partial charge in [0.15, 0.2) is 0 Å². The molecule has 1 aromatic rings. The number of pyridine rings is 1. The molecule has 18 heavy (non-hydrogen) atoms. The quantitative estimate of drug-likeness (QED) is 0.748. The summed E-state index contributed by atoms with van der Waals surface area (Å²) < 4.78 is 0. The third-order valence-corrected chi connectivity index (χ3v) is 3.13.